The number of benzene rings is 2. The lowest BCUT2D eigenvalue weighted by Gasteiger charge is -2.31. The van der Waals surface area contributed by atoms with E-state index in [0.29, 0.717) is 15.7 Å². The summed E-state index contributed by atoms with van der Waals surface area (Å²) in [6.45, 7) is 2.78. The first kappa shape index (κ1) is 17.3. The van der Waals surface area contributed by atoms with E-state index in [0.717, 1.165) is 32.5 Å². The van der Waals surface area contributed by atoms with Crippen LogP contribution in [-0.2, 0) is 11.3 Å². The fourth-order valence-electron chi connectivity index (χ4n) is 3.04. The molecule has 0 spiro atoms. The van der Waals surface area contributed by atoms with E-state index in [1.165, 1.54) is 5.56 Å². The lowest BCUT2D eigenvalue weighted by atomic mass is 9.95. The van der Waals surface area contributed by atoms with E-state index in [9.17, 15) is 4.79 Å². The Morgan fingerprint density at radius 3 is 2.25 bits per heavy atom. The van der Waals surface area contributed by atoms with Crippen LogP contribution in [0.5, 0.6) is 0 Å². The zero-order chi connectivity index (χ0) is 16.9. The van der Waals surface area contributed by atoms with Gasteiger partial charge in [0.05, 0.1) is 15.7 Å². The summed E-state index contributed by atoms with van der Waals surface area (Å²) in [5.41, 5.74) is 1.82. The van der Waals surface area contributed by atoms with Crippen molar-refractivity contribution >= 4 is 34.8 Å². The fraction of sp³-hybridized carbons (Fsp3) is 0.316. The second kappa shape index (κ2) is 8.02. The highest BCUT2D eigenvalue weighted by Gasteiger charge is 2.25. The summed E-state index contributed by atoms with van der Waals surface area (Å²) < 4.78 is 0. The summed E-state index contributed by atoms with van der Waals surface area (Å²) in [5, 5.41) is 3.83. The highest BCUT2D eigenvalue weighted by molar-refractivity contribution is 6.39. The molecule has 0 aliphatic carbocycles. The van der Waals surface area contributed by atoms with E-state index in [1.54, 1.807) is 18.2 Å². The van der Waals surface area contributed by atoms with Crippen LogP contribution in [0, 0.1) is 5.92 Å². The molecule has 0 bridgehead atoms. The van der Waals surface area contributed by atoms with Gasteiger partial charge in [0.25, 0.3) is 0 Å². The topological polar surface area (TPSA) is 32.3 Å². The van der Waals surface area contributed by atoms with Gasteiger partial charge < -0.3 is 5.32 Å². The molecule has 0 unspecified atom stereocenters. The molecule has 1 aliphatic heterocycles. The number of nitrogens with zero attached hydrogens (tertiary/aromatic N) is 1. The van der Waals surface area contributed by atoms with Crippen LogP contribution < -0.4 is 5.32 Å². The first-order chi connectivity index (χ1) is 11.6. The molecule has 126 valence electrons. The van der Waals surface area contributed by atoms with Gasteiger partial charge in [0.15, 0.2) is 0 Å². The van der Waals surface area contributed by atoms with E-state index in [1.807, 2.05) is 6.07 Å². The zero-order valence-corrected chi connectivity index (χ0v) is 14.9. The van der Waals surface area contributed by atoms with Gasteiger partial charge in [-0.1, -0.05) is 59.6 Å². The van der Waals surface area contributed by atoms with Crippen LogP contribution in [0.15, 0.2) is 48.5 Å². The smallest absolute Gasteiger partial charge is 0.227 e. The van der Waals surface area contributed by atoms with Gasteiger partial charge in [-0.05, 0) is 43.6 Å². The number of para-hydroxylation sites is 1. The monoisotopic (exact) mass is 362 g/mol. The Bertz CT molecular complexity index is 678. The van der Waals surface area contributed by atoms with Crippen molar-refractivity contribution in [1.82, 2.24) is 4.90 Å². The number of nitrogens with one attached hydrogen (secondary N) is 1. The van der Waals surface area contributed by atoms with Crippen LogP contribution in [0.3, 0.4) is 0 Å². The maximum absolute atomic E-state index is 12.5. The molecule has 5 heteroatoms. The van der Waals surface area contributed by atoms with E-state index >= 15 is 0 Å². The summed E-state index contributed by atoms with van der Waals surface area (Å²) in [7, 11) is 0. The third-order valence-corrected chi connectivity index (χ3v) is 5.05. The summed E-state index contributed by atoms with van der Waals surface area (Å²) in [6, 6.07) is 15.6. The summed E-state index contributed by atoms with van der Waals surface area (Å²) in [6.07, 6.45) is 1.70. The zero-order valence-electron chi connectivity index (χ0n) is 13.3. The van der Waals surface area contributed by atoms with Gasteiger partial charge in [0.2, 0.25) is 5.91 Å². The summed E-state index contributed by atoms with van der Waals surface area (Å²) in [4.78, 5) is 14.9. The molecule has 2 aromatic carbocycles. The number of amides is 1. The number of anilines is 1. The first-order valence-corrected chi connectivity index (χ1v) is 8.90. The van der Waals surface area contributed by atoms with Crippen LogP contribution in [0.1, 0.15) is 18.4 Å². The second-order valence-electron chi connectivity index (χ2n) is 6.12. The third kappa shape index (κ3) is 4.29. The first-order valence-electron chi connectivity index (χ1n) is 8.14. The normalized spacial score (nSPS) is 16.1. The highest BCUT2D eigenvalue weighted by Crippen LogP contribution is 2.31. The Balaban J connectivity index is 1.54. The van der Waals surface area contributed by atoms with E-state index < -0.39 is 0 Å². The fourth-order valence-corrected chi connectivity index (χ4v) is 3.53. The minimum absolute atomic E-state index is 0.00404. The van der Waals surface area contributed by atoms with Crippen molar-refractivity contribution in [2.45, 2.75) is 19.4 Å². The van der Waals surface area contributed by atoms with Crippen molar-refractivity contribution in [3.05, 3.63) is 64.1 Å². The molecule has 1 fully saturated rings. The van der Waals surface area contributed by atoms with Crippen molar-refractivity contribution in [1.29, 1.82) is 0 Å². The molecule has 1 aliphatic rings. The molecule has 0 aromatic heterocycles. The number of carbonyl (C=O) groups excluding carboxylic acids is 1. The number of halogens is 2. The summed E-state index contributed by atoms with van der Waals surface area (Å²) >= 11 is 12.2. The van der Waals surface area contributed by atoms with E-state index in [4.69, 9.17) is 23.2 Å². The highest BCUT2D eigenvalue weighted by atomic mass is 35.5. The van der Waals surface area contributed by atoms with Crippen molar-refractivity contribution < 1.29 is 4.79 Å². The van der Waals surface area contributed by atoms with Gasteiger partial charge in [-0.25, -0.2) is 0 Å². The average molecular weight is 363 g/mol. The minimum atomic E-state index is 0.00404. The van der Waals surface area contributed by atoms with Crippen molar-refractivity contribution in [3.63, 3.8) is 0 Å². The maximum Gasteiger partial charge on any atom is 0.227 e. The Morgan fingerprint density at radius 1 is 1.00 bits per heavy atom. The van der Waals surface area contributed by atoms with Crippen LogP contribution in [-0.4, -0.2) is 23.9 Å². The van der Waals surface area contributed by atoms with Crippen molar-refractivity contribution in [2.24, 2.45) is 5.92 Å². The Hall–Kier alpha value is -1.55. The molecule has 3 nitrogen and oxygen atoms in total. The number of hydrogen-bond donors (Lipinski definition) is 1. The molecule has 1 amide bonds. The van der Waals surface area contributed by atoms with Crippen LogP contribution in [0.2, 0.25) is 10.0 Å². The predicted octanol–water partition coefficient (Wildman–Crippen LogP) is 4.84. The van der Waals surface area contributed by atoms with Crippen molar-refractivity contribution in [3.8, 4) is 0 Å². The molecule has 0 radical (unpaired) electrons. The van der Waals surface area contributed by atoms with Gasteiger partial charge in [0.1, 0.15) is 0 Å². The maximum atomic E-state index is 12.5. The number of hydrogen-bond acceptors (Lipinski definition) is 2. The molecular weight excluding hydrogens is 343 g/mol. The Morgan fingerprint density at radius 2 is 1.62 bits per heavy atom. The SMILES string of the molecule is O=C(Nc1c(Cl)cccc1Cl)C1CCN(Cc2ccccc2)CC1. The lowest BCUT2D eigenvalue weighted by molar-refractivity contribution is -0.121. The standard InChI is InChI=1S/C19H20Cl2N2O/c20-16-7-4-8-17(21)18(16)22-19(24)15-9-11-23(12-10-15)13-14-5-2-1-3-6-14/h1-8,15H,9-13H2,(H,22,24). The van der Waals surface area contributed by atoms with Gasteiger partial charge in [-0.3, -0.25) is 9.69 Å². The van der Waals surface area contributed by atoms with Crippen molar-refractivity contribution in [2.75, 3.05) is 18.4 Å². The molecule has 1 N–H and O–H groups in total. The largest absolute Gasteiger partial charge is 0.323 e. The number of likely N-dealkylation sites (tertiary alicyclic amines) is 1. The average Bonchev–Trinajstić information content (AvgIpc) is 2.60. The molecular formula is C19H20Cl2N2O. The minimum Gasteiger partial charge on any atom is -0.323 e. The van der Waals surface area contributed by atoms with Gasteiger partial charge in [-0.15, -0.1) is 0 Å². The van der Waals surface area contributed by atoms with Gasteiger partial charge in [0, 0.05) is 12.5 Å². The molecule has 1 heterocycles. The lowest BCUT2D eigenvalue weighted by Crippen LogP contribution is -2.37. The molecule has 3 rings (SSSR count). The van der Waals surface area contributed by atoms with E-state index in [2.05, 4.69) is 34.5 Å². The van der Waals surface area contributed by atoms with Crippen LogP contribution in [0.4, 0.5) is 5.69 Å². The molecule has 2 aromatic rings. The Labute approximate surface area is 152 Å². The number of carbonyl (C=O) groups is 1. The number of piperidine rings is 1. The van der Waals surface area contributed by atoms with Gasteiger partial charge >= 0.3 is 0 Å². The summed E-state index contributed by atoms with van der Waals surface area (Å²) in [5.74, 6) is 0.00808. The third-order valence-electron chi connectivity index (χ3n) is 4.42. The molecule has 24 heavy (non-hydrogen) atoms. The van der Waals surface area contributed by atoms with Gasteiger partial charge in [-0.2, -0.15) is 0 Å². The molecule has 1 saturated heterocycles. The second-order valence-corrected chi connectivity index (χ2v) is 6.94. The number of rotatable bonds is 4. The molecule has 0 atom stereocenters. The van der Waals surface area contributed by atoms with Crippen LogP contribution in [0.25, 0.3) is 0 Å². The predicted molar refractivity (Wildman–Crippen MR) is 99.5 cm³/mol. The quantitative estimate of drug-likeness (QED) is 0.843. The van der Waals surface area contributed by atoms with E-state index in [-0.39, 0.29) is 11.8 Å². The van der Waals surface area contributed by atoms with Crippen LogP contribution >= 0.6 is 23.2 Å². The molecule has 0 saturated carbocycles. The Kier molecular flexibility index (Phi) is 5.77.